The summed E-state index contributed by atoms with van der Waals surface area (Å²) in [6, 6.07) is 7.55. The van der Waals surface area contributed by atoms with Gasteiger partial charge >= 0.3 is 0 Å². The summed E-state index contributed by atoms with van der Waals surface area (Å²) in [5.74, 6) is -0.172. The molecule has 2 rings (SSSR count). The van der Waals surface area contributed by atoms with Gasteiger partial charge in [-0.1, -0.05) is 0 Å². The predicted octanol–water partition coefficient (Wildman–Crippen LogP) is 0.341. The minimum Gasteiger partial charge on any atom is -0.369 e. The van der Waals surface area contributed by atoms with Gasteiger partial charge in [0.15, 0.2) is 0 Å². The lowest BCUT2D eigenvalue weighted by Crippen LogP contribution is -2.44. The second kappa shape index (κ2) is 7.85. The third-order valence-corrected chi connectivity index (χ3v) is 5.29. The molecule has 1 aromatic carbocycles. The summed E-state index contributed by atoms with van der Waals surface area (Å²) in [5, 5.41) is 2.63. The van der Waals surface area contributed by atoms with E-state index in [1.807, 2.05) is 24.3 Å². The van der Waals surface area contributed by atoms with E-state index in [2.05, 4.69) is 22.2 Å². The topological polar surface area (TPSA) is 73.0 Å². The van der Waals surface area contributed by atoms with Crippen LogP contribution in [-0.4, -0.2) is 71.8 Å². The van der Waals surface area contributed by atoms with Crippen LogP contribution < -0.4 is 14.5 Å². The number of nitrogens with zero attached hydrogens (tertiary/aromatic N) is 3. The summed E-state index contributed by atoms with van der Waals surface area (Å²) in [4.78, 5) is 15.6. The van der Waals surface area contributed by atoms with Crippen molar-refractivity contribution >= 4 is 27.3 Å². The highest BCUT2D eigenvalue weighted by molar-refractivity contribution is 7.92. The first kappa shape index (κ1) is 18.5. The molecule has 1 aliphatic rings. The zero-order valence-electron chi connectivity index (χ0n) is 14.5. The monoisotopic (exact) mass is 354 g/mol. The van der Waals surface area contributed by atoms with Crippen LogP contribution in [0.1, 0.15) is 6.92 Å². The predicted molar refractivity (Wildman–Crippen MR) is 97.0 cm³/mol. The Labute approximate surface area is 144 Å². The summed E-state index contributed by atoms with van der Waals surface area (Å²) in [7, 11) is -1.29. The lowest BCUT2D eigenvalue weighted by atomic mass is 10.2. The van der Waals surface area contributed by atoms with E-state index in [1.54, 1.807) is 0 Å². The van der Waals surface area contributed by atoms with Crippen molar-refractivity contribution < 1.29 is 13.2 Å². The van der Waals surface area contributed by atoms with Crippen molar-refractivity contribution in [2.24, 2.45) is 0 Å². The number of hydrogen-bond donors (Lipinski definition) is 1. The largest absolute Gasteiger partial charge is 0.369 e. The minimum absolute atomic E-state index is 0.172. The number of anilines is 2. The van der Waals surface area contributed by atoms with Gasteiger partial charge in [0.05, 0.1) is 18.5 Å². The van der Waals surface area contributed by atoms with Crippen LogP contribution in [0.15, 0.2) is 24.3 Å². The quantitative estimate of drug-likeness (QED) is 0.798. The molecule has 0 atom stereocenters. The fourth-order valence-electron chi connectivity index (χ4n) is 2.71. The molecule has 0 radical (unpaired) electrons. The molecule has 1 heterocycles. The van der Waals surface area contributed by atoms with Crippen LogP contribution in [0.25, 0.3) is 0 Å². The van der Waals surface area contributed by atoms with Gasteiger partial charge in [-0.25, -0.2) is 8.42 Å². The molecule has 8 heteroatoms. The van der Waals surface area contributed by atoms with Crippen LogP contribution >= 0.6 is 0 Å². The highest BCUT2D eigenvalue weighted by Crippen LogP contribution is 2.23. The average molecular weight is 354 g/mol. The number of carbonyl (C=O) groups is 1. The maximum Gasteiger partial charge on any atom is 0.232 e. The molecule has 24 heavy (non-hydrogen) atoms. The van der Waals surface area contributed by atoms with E-state index >= 15 is 0 Å². The third kappa shape index (κ3) is 5.10. The van der Waals surface area contributed by atoms with Gasteiger partial charge in [0.2, 0.25) is 15.9 Å². The molecule has 0 bridgehead atoms. The molecule has 1 N–H and O–H groups in total. The summed E-state index contributed by atoms with van der Waals surface area (Å²) >= 11 is 0. The molecule has 1 aromatic rings. The standard InChI is InChI=1S/C16H26N4O3S/c1-14(21)17-8-9-20(24(3,22)23)16-6-4-15(5-7-16)19-12-10-18(2)11-13-19/h4-7H,8-13H2,1-3H3,(H,17,21). The van der Waals surface area contributed by atoms with Crippen LogP contribution in [-0.2, 0) is 14.8 Å². The molecule has 7 nitrogen and oxygen atoms in total. The molecule has 134 valence electrons. The Morgan fingerprint density at radius 3 is 2.25 bits per heavy atom. The van der Waals surface area contributed by atoms with Crippen molar-refractivity contribution in [1.29, 1.82) is 0 Å². The molecule has 0 unspecified atom stereocenters. The van der Waals surface area contributed by atoms with E-state index in [0.717, 1.165) is 31.9 Å². The third-order valence-electron chi connectivity index (χ3n) is 4.10. The van der Waals surface area contributed by atoms with Gasteiger partial charge in [-0.05, 0) is 31.3 Å². The Balaban J connectivity index is 2.09. The Morgan fingerprint density at radius 1 is 1.17 bits per heavy atom. The second-order valence-corrected chi connectivity index (χ2v) is 8.03. The van der Waals surface area contributed by atoms with Gasteiger partial charge in [0.1, 0.15) is 0 Å². The smallest absolute Gasteiger partial charge is 0.232 e. The van der Waals surface area contributed by atoms with Gasteiger partial charge in [-0.3, -0.25) is 9.10 Å². The molecule has 1 saturated heterocycles. The van der Waals surface area contributed by atoms with E-state index in [-0.39, 0.29) is 19.0 Å². The number of amides is 1. The van der Waals surface area contributed by atoms with Crippen LogP contribution in [0.5, 0.6) is 0 Å². The lowest BCUT2D eigenvalue weighted by molar-refractivity contribution is -0.118. The normalized spacial score (nSPS) is 16.0. The van der Waals surface area contributed by atoms with Crippen molar-refractivity contribution in [2.45, 2.75) is 6.92 Å². The van der Waals surface area contributed by atoms with Crippen LogP contribution in [0.2, 0.25) is 0 Å². The molecule has 0 spiro atoms. The van der Waals surface area contributed by atoms with Crippen molar-refractivity contribution in [3.63, 3.8) is 0 Å². The van der Waals surface area contributed by atoms with Crippen molar-refractivity contribution in [1.82, 2.24) is 10.2 Å². The number of benzene rings is 1. The Hall–Kier alpha value is -1.80. The van der Waals surface area contributed by atoms with Gasteiger partial charge < -0.3 is 15.1 Å². The van der Waals surface area contributed by atoms with Crippen LogP contribution in [0, 0.1) is 0 Å². The van der Waals surface area contributed by atoms with E-state index in [4.69, 9.17) is 0 Å². The number of nitrogens with one attached hydrogen (secondary N) is 1. The molecule has 0 saturated carbocycles. The maximum atomic E-state index is 12.0. The molecule has 1 fully saturated rings. The number of sulfonamides is 1. The van der Waals surface area contributed by atoms with E-state index in [0.29, 0.717) is 5.69 Å². The summed E-state index contributed by atoms with van der Waals surface area (Å²) in [6.45, 7) is 5.88. The molecular weight excluding hydrogens is 328 g/mol. The number of piperazine rings is 1. The Bertz CT molecular complexity index is 652. The average Bonchev–Trinajstić information content (AvgIpc) is 2.51. The van der Waals surface area contributed by atoms with Gasteiger partial charge in [0, 0.05) is 45.3 Å². The van der Waals surface area contributed by atoms with Crippen molar-refractivity contribution in [3.8, 4) is 0 Å². The van der Waals surface area contributed by atoms with E-state index in [9.17, 15) is 13.2 Å². The van der Waals surface area contributed by atoms with Gasteiger partial charge in [-0.15, -0.1) is 0 Å². The highest BCUT2D eigenvalue weighted by atomic mass is 32.2. The van der Waals surface area contributed by atoms with Crippen molar-refractivity contribution in [3.05, 3.63) is 24.3 Å². The molecule has 0 aliphatic carbocycles. The SMILES string of the molecule is CC(=O)NCCN(c1ccc(N2CCN(C)CC2)cc1)S(C)(=O)=O. The Morgan fingerprint density at radius 2 is 1.75 bits per heavy atom. The number of hydrogen-bond acceptors (Lipinski definition) is 5. The fraction of sp³-hybridized carbons (Fsp3) is 0.562. The second-order valence-electron chi connectivity index (χ2n) is 6.12. The van der Waals surface area contributed by atoms with E-state index in [1.165, 1.54) is 17.5 Å². The summed E-state index contributed by atoms with van der Waals surface area (Å²) in [6.07, 6.45) is 1.18. The molecule has 0 aromatic heterocycles. The number of likely N-dealkylation sites (N-methyl/N-ethyl adjacent to an activating group) is 1. The van der Waals surface area contributed by atoms with Crippen molar-refractivity contribution in [2.75, 3.05) is 61.8 Å². The fourth-order valence-corrected chi connectivity index (χ4v) is 3.64. The van der Waals surface area contributed by atoms with Crippen LogP contribution in [0.4, 0.5) is 11.4 Å². The molecule has 1 amide bonds. The number of carbonyl (C=O) groups excluding carboxylic acids is 1. The molecular formula is C16H26N4O3S. The highest BCUT2D eigenvalue weighted by Gasteiger charge is 2.18. The minimum atomic E-state index is -3.40. The van der Waals surface area contributed by atoms with E-state index < -0.39 is 10.0 Å². The van der Waals surface area contributed by atoms with Gasteiger partial charge in [0.25, 0.3) is 0 Å². The summed E-state index contributed by atoms with van der Waals surface area (Å²) in [5.41, 5.74) is 1.71. The lowest BCUT2D eigenvalue weighted by Gasteiger charge is -2.34. The van der Waals surface area contributed by atoms with Crippen LogP contribution in [0.3, 0.4) is 0 Å². The zero-order valence-corrected chi connectivity index (χ0v) is 15.3. The molecule has 1 aliphatic heterocycles. The first-order valence-electron chi connectivity index (χ1n) is 8.03. The Kier molecular flexibility index (Phi) is 6.06. The first-order valence-corrected chi connectivity index (χ1v) is 9.88. The zero-order chi connectivity index (χ0) is 17.7. The van der Waals surface area contributed by atoms with Gasteiger partial charge in [-0.2, -0.15) is 0 Å². The summed E-state index contributed by atoms with van der Waals surface area (Å²) < 4.78 is 25.4. The maximum absolute atomic E-state index is 12.0. The number of rotatable bonds is 6. The first-order chi connectivity index (χ1) is 11.3.